The van der Waals surface area contributed by atoms with E-state index in [2.05, 4.69) is 9.97 Å². The van der Waals surface area contributed by atoms with Gasteiger partial charge in [0.05, 0.1) is 10.6 Å². The van der Waals surface area contributed by atoms with E-state index >= 15 is 0 Å². The molecule has 0 saturated carbocycles. The van der Waals surface area contributed by atoms with E-state index in [-0.39, 0.29) is 27.4 Å². The first kappa shape index (κ1) is 27.1. The Morgan fingerprint density at radius 2 is 0.956 bits per heavy atom. The van der Waals surface area contributed by atoms with Crippen LogP contribution in [-0.4, -0.2) is 50.9 Å². The summed E-state index contributed by atoms with van der Waals surface area (Å²) in [7, 11) is 0. The molecule has 0 spiro atoms. The molecular formula is C33H17ClCoN8O2. The zero-order chi connectivity index (χ0) is 29.5. The van der Waals surface area contributed by atoms with Gasteiger partial charge in [0.15, 0.2) is 23.3 Å². The van der Waals surface area contributed by atoms with Gasteiger partial charge in [-0.25, -0.2) is 34.7 Å². The molecule has 0 fully saturated rings. The second kappa shape index (κ2) is 10.0. The average Bonchev–Trinajstić information content (AvgIpc) is 3.76. The molecule has 3 aromatic heterocycles. The van der Waals surface area contributed by atoms with Gasteiger partial charge in [-0.15, -0.1) is 0 Å². The molecule has 9 rings (SSSR count). The van der Waals surface area contributed by atoms with Crippen LogP contribution in [0.25, 0.3) is 89.7 Å². The van der Waals surface area contributed by atoms with Gasteiger partial charge in [0.1, 0.15) is 22.6 Å². The van der Waals surface area contributed by atoms with Crippen molar-refractivity contribution in [2.75, 3.05) is 0 Å². The van der Waals surface area contributed by atoms with Crippen LogP contribution in [0.3, 0.4) is 0 Å². The minimum Gasteiger partial charge on any atom is -0.478 e. The summed E-state index contributed by atoms with van der Waals surface area (Å²) in [4.78, 5) is 48.1. The predicted molar refractivity (Wildman–Crippen MR) is 168 cm³/mol. The van der Waals surface area contributed by atoms with Crippen molar-refractivity contribution in [2.45, 2.75) is 0 Å². The fourth-order valence-corrected chi connectivity index (χ4v) is 6.15. The Hall–Kier alpha value is -5.49. The smallest absolute Gasteiger partial charge is 0.335 e. The summed E-state index contributed by atoms with van der Waals surface area (Å²) in [5.74, 6) is 0.707. The molecule has 1 radical (unpaired) electrons. The summed E-state index contributed by atoms with van der Waals surface area (Å²) in [6, 6.07) is 26.3. The van der Waals surface area contributed by atoms with Gasteiger partial charge in [-0.05, 0) is 12.1 Å². The quantitative estimate of drug-likeness (QED) is 0.169. The maximum Gasteiger partial charge on any atom is 0.335 e. The van der Waals surface area contributed by atoms with Crippen LogP contribution in [0, 0.1) is 0 Å². The van der Waals surface area contributed by atoms with Crippen LogP contribution >= 0.6 is 11.6 Å². The van der Waals surface area contributed by atoms with Crippen LogP contribution in [-0.2, 0) is 16.8 Å². The van der Waals surface area contributed by atoms with Crippen molar-refractivity contribution in [3.8, 4) is 45.6 Å². The number of nitrogens with one attached hydrogen (secondary N) is 2. The number of nitrogens with zero attached hydrogens (tertiary/aromatic N) is 6. The van der Waals surface area contributed by atoms with Crippen molar-refractivity contribution in [1.29, 1.82) is 0 Å². The second-order valence-electron chi connectivity index (χ2n) is 10.4. The van der Waals surface area contributed by atoms with Crippen molar-refractivity contribution >= 4 is 61.7 Å². The largest absolute Gasteiger partial charge is 0.478 e. The monoisotopic (exact) mass is 651 g/mol. The molecule has 4 aromatic carbocycles. The molecular weight excluding hydrogens is 635 g/mol. The number of carbonyl (C=O) groups is 1. The molecule has 217 valence electrons. The van der Waals surface area contributed by atoms with Crippen LogP contribution in [0.5, 0.6) is 0 Å². The van der Waals surface area contributed by atoms with E-state index in [0.29, 0.717) is 56.7 Å². The van der Waals surface area contributed by atoms with Crippen molar-refractivity contribution in [3.05, 3.63) is 95.5 Å². The molecule has 0 saturated heterocycles. The Kier molecular flexibility index (Phi) is 6.03. The van der Waals surface area contributed by atoms with Crippen LogP contribution < -0.4 is 0 Å². The minimum atomic E-state index is -1.11. The van der Waals surface area contributed by atoms with Crippen molar-refractivity contribution < 1.29 is 26.7 Å². The molecule has 2 aliphatic rings. The standard InChI is InChI=1S/C33H17ClN8O2.Co/c34-23-14-15(33(43)44)13-22-24(23)32-41-30-21-12-6-5-11-20(21)28(39-30)37-26-17-8-2-1-7-16(17)25(35-26)36-27-18-9-3-4-10-19(18)29(38-27)40-31(22)42-32;/h1-14H,(H,43,44)(H2,35,36,37,38,39,40,41,42);. The number of aromatic carboxylic acids is 1. The molecule has 10 nitrogen and oxygen atoms in total. The van der Waals surface area contributed by atoms with Gasteiger partial charge in [0.2, 0.25) is 0 Å². The molecule has 45 heavy (non-hydrogen) atoms. The Morgan fingerprint density at radius 3 is 1.42 bits per heavy atom. The zero-order valence-electron chi connectivity index (χ0n) is 22.8. The third kappa shape index (κ3) is 4.13. The first-order valence-corrected chi connectivity index (χ1v) is 14.1. The molecule has 7 aromatic rings. The van der Waals surface area contributed by atoms with Crippen LogP contribution in [0.4, 0.5) is 0 Å². The van der Waals surface area contributed by atoms with Crippen molar-refractivity contribution in [1.82, 2.24) is 39.9 Å². The Balaban J connectivity index is 0.00000300. The van der Waals surface area contributed by atoms with Gasteiger partial charge >= 0.3 is 5.97 Å². The van der Waals surface area contributed by atoms with Gasteiger partial charge in [-0.1, -0.05) is 84.4 Å². The summed E-state index contributed by atoms with van der Waals surface area (Å²) < 4.78 is 0. The zero-order valence-corrected chi connectivity index (χ0v) is 24.6. The summed E-state index contributed by atoms with van der Waals surface area (Å²) in [5, 5.41) is 12.8. The number of hydrogen-bond donors (Lipinski definition) is 3. The number of aromatic amines is 2. The SMILES string of the molecule is O=C(O)c1cc(Cl)c2c3nc4nc(nc5[nH]c(nc6nc(nc([nH]3)c2c1)-c1ccccc1-6)c1ccccc51)-c1ccccc1-4.[Co]. The normalized spacial score (nSPS) is 11.7. The number of rotatable bonds is 1. The third-order valence-electron chi connectivity index (χ3n) is 7.85. The van der Waals surface area contributed by atoms with E-state index in [1.807, 2.05) is 72.8 Å². The first-order chi connectivity index (χ1) is 21.5. The van der Waals surface area contributed by atoms with E-state index in [1.54, 1.807) is 0 Å². The van der Waals surface area contributed by atoms with E-state index < -0.39 is 5.97 Å². The maximum absolute atomic E-state index is 12.0. The third-order valence-corrected chi connectivity index (χ3v) is 8.15. The van der Waals surface area contributed by atoms with E-state index in [1.165, 1.54) is 12.1 Å². The molecule has 8 bridgehead atoms. The van der Waals surface area contributed by atoms with Gasteiger partial charge in [0, 0.05) is 60.6 Å². The molecule has 0 atom stereocenters. The molecule has 0 unspecified atom stereocenters. The summed E-state index contributed by atoms with van der Waals surface area (Å²) >= 11 is 6.72. The number of carboxylic acid groups (broad SMARTS) is 1. The van der Waals surface area contributed by atoms with Crippen LogP contribution in [0.1, 0.15) is 10.4 Å². The molecule has 5 heterocycles. The summed E-state index contributed by atoms with van der Waals surface area (Å²) in [6.45, 7) is 0. The van der Waals surface area contributed by atoms with Gasteiger partial charge in [-0.3, -0.25) is 0 Å². The average molecular weight is 652 g/mol. The van der Waals surface area contributed by atoms with Crippen molar-refractivity contribution in [3.63, 3.8) is 0 Å². The topological polar surface area (TPSA) is 146 Å². The number of benzene rings is 4. The first-order valence-electron chi connectivity index (χ1n) is 13.7. The van der Waals surface area contributed by atoms with Crippen LogP contribution in [0.2, 0.25) is 5.02 Å². The fraction of sp³-hybridized carbons (Fsp3) is 0. The second-order valence-corrected chi connectivity index (χ2v) is 10.8. The number of fused-ring (bicyclic) bond motifs is 20. The van der Waals surface area contributed by atoms with Crippen molar-refractivity contribution in [2.24, 2.45) is 0 Å². The molecule has 3 N–H and O–H groups in total. The van der Waals surface area contributed by atoms with E-state index in [9.17, 15) is 9.90 Å². The van der Waals surface area contributed by atoms with Gasteiger partial charge in [-0.2, -0.15) is 0 Å². The predicted octanol–water partition coefficient (Wildman–Crippen LogP) is 7.22. The Labute approximate surface area is 268 Å². The summed E-state index contributed by atoms with van der Waals surface area (Å²) in [6.07, 6.45) is 0. The maximum atomic E-state index is 12.0. The number of aromatic nitrogens is 8. The number of hydrogen-bond acceptors (Lipinski definition) is 7. The Morgan fingerprint density at radius 1 is 0.556 bits per heavy atom. The summed E-state index contributed by atoms with van der Waals surface area (Å²) in [5.41, 5.74) is 5.20. The van der Waals surface area contributed by atoms with Gasteiger partial charge in [0.25, 0.3) is 0 Å². The Bertz CT molecular complexity index is 2580. The van der Waals surface area contributed by atoms with E-state index in [4.69, 9.17) is 41.5 Å². The number of H-pyrrole nitrogens is 2. The van der Waals surface area contributed by atoms with E-state index in [0.717, 1.165) is 33.0 Å². The van der Waals surface area contributed by atoms with Gasteiger partial charge < -0.3 is 15.1 Å². The van der Waals surface area contributed by atoms with Crippen LogP contribution in [0.15, 0.2) is 84.9 Å². The number of carboxylic acids is 1. The molecule has 2 aliphatic heterocycles. The minimum absolute atomic E-state index is 0. The fourth-order valence-electron chi connectivity index (χ4n) is 5.84. The molecule has 0 amide bonds. The number of halogens is 1. The molecule has 12 heteroatoms. The molecule has 0 aliphatic carbocycles.